The predicted octanol–water partition coefficient (Wildman–Crippen LogP) is 1.06. The molecule has 5 heteroatoms. The largest absolute Gasteiger partial charge is 0.482 e. The number of hydrogen-bond donors (Lipinski definition) is 1. The van der Waals surface area contributed by atoms with Crippen molar-refractivity contribution < 1.29 is 19.4 Å². The van der Waals surface area contributed by atoms with Gasteiger partial charge in [0.25, 0.3) is 5.91 Å². The fraction of sp³-hybridized carbons (Fsp3) is 0.333. The number of nitrogens with zero attached hydrogens (tertiary/aromatic N) is 1. The molecule has 1 aromatic rings. The Kier molecular flexibility index (Phi) is 2.07. The average Bonchev–Trinajstić information content (AvgIpc) is 2.33. The molecule has 0 unspecified atom stereocenters. The van der Waals surface area contributed by atoms with Crippen LogP contribution in [0, 0.1) is 0 Å². The first-order valence-corrected chi connectivity index (χ1v) is 5.50. The SMILES string of the molecule is O=C(O)c1cc2c3c(c1)OCC(=O)N3CCC2. The Hall–Kier alpha value is -2.04. The van der Waals surface area contributed by atoms with Crippen molar-refractivity contribution in [2.24, 2.45) is 0 Å². The molecule has 2 aliphatic rings. The zero-order valence-corrected chi connectivity index (χ0v) is 9.10. The van der Waals surface area contributed by atoms with E-state index in [2.05, 4.69) is 0 Å². The number of anilines is 1. The zero-order valence-electron chi connectivity index (χ0n) is 9.10. The molecule has 1 aromatic carbocycles. The fourth-order valence-corrected chi connectivity index (χ4v) is 2.40. The van der Waals surface area contributed by atoms with Crippen LogP contribution in [0.4, 0.5) is 5.69 Å². The molecular formula is C12H11NO4. The minimum atomic E-state index is -0.971. The average molecular weight is 233 g/mol. The van der Waals surface area contributed by atoms with Crippen LogP contribution in [0.1, 0.15) is 22.3 Å². The van der Waals surface area contributed by atoms with Crippen molar-refractivity contribution in [1.29, 1.82) is 0 Å². The van der Waals surface area contributed by atoms with E-state index in [1.165, 1.54) is 6.07 Å². The Bertz CT molecular complexity index is 506. The molecule has 2 aliphatic heterocycles. The van der Waals surface area contributed by atoms with Crippen molar-refractivity contribution >= 4 is 17.6 Å². The van der Waals surface area contributed by atoms with Crippen LogP contribution in [0.15, 0.2) is 12.1 Å². The lowest BCUT2D eigenvalue weighted by Gasteiger charge is -2.34. The molecule has 17 heavy (non-hydrogen) atoms. The topological polar surface area (TPSA) is 66.8 Å². The second-order valence-electron chi connectivity index (χ2n) is 4.22. The number of aromatic carboxylic acids is 1. The third-order valence-corrected chi connectivity index (χ3v) is 3.15. The maximum Gasteiger partial charge on any atom is 0.335 e. The Balaban J connectivity index is 2.20. The van der Waals surface area contributed by atoms with Crippen molar-refractivity contribution in [3.05, 3.63) is 23.3 Å². The third-order valence-electron chi connectivity index (χ3n) is 3.15. The summed E-state index contributed by atoms with van der Waals surface area (Å²) >= 11 is 0. The van der Waals surface area contributed by atoms with Gasteiger partial charge in [0.15, 0.2) is 6.61 Å². The Morgan fingerprint density at radius 1 is 1.41 bits per heavy atom. The van der Waals surface area contributed by atoms with Gasteiger partial charge >= 0.3 is 5.97 Å². The Labute approximate surface area is 97.6 Å². The second kappa shape index (κ2) is 3.48. The van der Waals surface area contributed by atoms with E-state index in [0.29, 0.717) is 12.3 Å². The summed E-state index contributed by atoms with van der Waals surface area (Å²) in [5.74, 6) is -0.512. The number of carbonyl (C=O) groups excluding carboxylic acids is 1. The van der Waals surface area contributed by atoms with Gasteiger partial charge in [-0.3, -0.25) is 4.79 Å². The van der Waals surface area contributed by atoms with Gasteiger partial charge in [-0.25, -0.2) is 4.79 Å². The molecule has 0 spiro atoms. The Morgan fingerprint density at radius 2 is 2.24 bits per heavy atom. The molecule has 0 aliphatic carbocycles. The van der Waals surface area contributed by atoms with Crippen LogP contribution in [0.3, 0.4) is 0 Å². The first-order chi connectivity index (χ1) is 8.16. The molecule has 0 radical (unpaired) electrons. The van der Waals surface area contributed by atoms with Crippen molar-refractivity contribution in [2.45, 2.75) is 12.8 Å². The molecule has 0 saturated carbocycles. The number of carboxylic acid groups (broad SMARTS) is 1. The summed E-state index contributed by atoms with van der Waals surface area (Å²) in [6, 6.07) is 3.13. The van der Waals surface area contributed by atoms with Gasteiger partial charge in [0, 0.05) is 6.54 Å². The Morgan fingerprint density at radius 3 is 3.00 bits per heavy atom. The highest BCUT2D eigenvalue weighted by Crippen LogP contribution is 2.39. The minimum absolute atomic E-state index is 0.00445. The highest BCUT2D eigenvalue weighted by atomic mass is 16.5. The van der Waals surface area contributed by atoms with Gasteiger partial charge < -0.3 is 14.7 Å². The highest BCUT2D eigenvalue weighted by molar-refractivity contribution is 6.00. The van der Waals surface area contributed by atoms with E-state index >= 15 is 0 Å². The molecule has 0 bridgehead atoms. The molecule has 5 nitrogen and oxygen atoms in total. The van der Waals surface area contributed by atoms with Crippen molar-refractivity contribution in [2.75, 3.05) is 18.1 Å². The van der Waals surface area contributed by atoms with E-state index in [0.717, 1.165) is 24.1 Å². The summed E-state index contributed by atoms with van der Waals surface area (Å²) in [7, 11) is 0. The quantitative estimate of drug-likeness (QED) is 0.787. The van der Waals surface area contributed by atoms with Gasteiger partial charge in [-0.2, -0.15) is 0 Å². The summed E-state index contributed by atoms with van der Waals surface area (Å²) in [6.07, 6.45) is 1.65. The van der Waals surface area contributed by atoms with Crippen LogP contribution in [-0.2, 0) is 11.2 Å². The number of hydrogen-bond acceptors (Lipinski definition) is 3. The summed E-state index contributed by atoms with van der Waals surface area (Å²) in [5.41, 5.74) is 1.87. The smallest absolute Gasteiger partial charge is 0.335 e. The summed E-state index contributed by atoms with van der Waals surface area (Å²) in [6.45, 7) is 0.685. The maximum atomic E-state index is 11.7. The summed E-state index contributed by atoms with van der Waals surface area (Å²) in [5, 5.41) is 9.01. The molecule has 2 heterocycles. The normalized spacial score (nSPS) is 17.4. The molecular weight excluding hydrogens is 222 g/mol. The van der Waals surface area contributed by atoms with Crippen molar-refractivity contribution in [1.82, 2.24) is 0 Å². The van der Waals surface area contributed by atoms with Crippen LogP contribution in [0.2, 0.25) is 0 Å². The molecule has 0 aromatic heterocycles. The van der Waals surface area contributed by atoms with Crippen LogP contribution in [-0.4, -0.2) is 30.1 Å². The van der Waals surface area contributed by atoms with Crippen LogP contribution in [0.25, 0.3) is 0 Å². The highest BCUT2D eigenvalue weighted by Gasteiger charge is 2.31. The second-order valence-corrected chi connectivity index (χ2v) is 4.22. The zero-order chi connectivity index (χ0) is 12.0. The van der Waals surface area contributed by atoms with Crippen LogP contribution >= 0.6 is 0 Å². The number of amides is 1. The van der Waals surface area contributed by atoms with Crippen LogP contribution < -0.4 is 9.64 Å². The number of aryl methyl sites for hydroxylation is 1. The summed E-state index contributed by atoms with van der Waals surface area (Å²) < 4.78 is 5.32. The van der Waals surface area contributed by atoms with Crippen molar-refractivity contribution in [3.8, 4) is 5.75 Å². The van der Waals surface area contributed by atoms with E-state index in [-0.39, 0.29) is 18.1 Å². The van der Waals surface area contributed by atoms with Gasteiger partial charge in [-0.15, -0.1) is 0 Å². The molecule has 1 N–H and O–H groups in total. The monoisotopic (exact) mass is 233 g/mol. The lowest BCUT2D eigenvalue weighted by atomic mass is 9.97. The molecule has 0 atom stereocenters. The van der Waals surface area contributed by atoms with Crippen molar-refractivity contribution in [3.63, 3.8) is 0 Å². The number of benzene rings is 1. The van der Waals surface area contributed by atoms with E-state index in [4.69, 9.17) is 9.84 Å². The van der Waals surface area contributed by atoms with Crippen LogP contribution in [0.5, 0.6) is 5.75 Å². The van der Waals surface area contributed by atoms with Gasteiger partial charge in [0.05, 0.1) is 11.3 Å². The molecule has 88 valence electrons. The van der Waals surface area contributed by atoms with Gasteiger partial charge in [-0.05, 0) is 30.5 Å². The summed E-state index contributed by atoms with van der Waals surface area (Å²) in [4.78, 5) is 24.4. The van der Waals surface area contributed by atoms with Gasteiger partial charge in [0.2, 0.25) is 0 Å². The predicted molar refractivity (Wildman–Crippen MR) is 59.6 cm³/mol. The molecule has 0 fully saturated rings. The third kappa shape index (κ3) is 1.46. The molecule has 0 saturated heterocycles. The maximum absolute atomic E-state index is 11.7. The lowest BCUT2D eigenvalue weighted by Crippen LogP contribution is -2.42. The lowest BCUT2D eigenvalue weighted by molar-refractivity contribution is -0.121. The molecule has 1 amide bonds. The van der Waals surface area contributed by atoms with E-state index < -0.39 is 5.97 Å². The van der Waals surface area contributed by atoms with E-state index in [1.807, 2.05) is 0 Å². The van der Waals surface area contributed by atoms with Gasteiger partial charge in [0.1, 0.15) is 5.75 Å². The van der Waals surface area contributed by atoms with E-state index in [1.54, 1.807) is 11.0 Å². The number of rotatable bonds is 1. The standard InChI is InChI=1S/C12H11NO4/c14-10-6-17-9-5-8(12(15)16)4-7-2-1-3-13(10)11(7)9/h4-5H,1-3,6H2,(H,15,16). The van der Waals surface area contributed by atoms with E-state index in [9.17, 15) is 9.59 Å². The number of ether oxygens (including phenoxy) is 1. The minimum Gasteiger partial charge on any atom is -0.482 e. The number of carbonyl (C=O) groups is 2. The first-order valence-electron chi connectivity index (χ1n) is 5.50. The molecule has 3 rings (SSSR count). The fourth-order valence-electron chi connectivity index (χ4n) is 2.40. The van der Waals surface area contributed by atoms with Gasteiger partial charge in [-0.1, -0.05) is 0 Å². The number of carboxylic acids is 1. The first kappa shape index (κ1) is 10.1.